The second-order valence-electron chi connectivity index (χ2n) is 14.6. The molecule has 0 amide bonds. The second-order valence-corrected chi connectivity index (χ2v) is 17.7. The van der Waals surface area contributed by atoms with E-state index in [1.54, 1.807) is 0 Å². The number of hydrogen-bond donors (Lipinski definition) is 1. The summed E-state index contributed by atoms with van der Waals surface area (Å²) in [5, 5.41) is 2.71. The van der Waals surface area contributed by atoms with E-state index < -0.39 is 10.9 Å². The Labute approximate surface area is 280 Å². The average Bonchev–Trinajstić information content (AvgIpc) is 3.59. The quantitative estimate of drug-likeness (QED) is 0.184. The van der Waals surface area contributed by atoms with Crippen molar-refractivity contribution in [2.24, 2.45) is 0 Å². The van der Waals surface area contributed by atoms with Crippen LogP contribution in [0.2, 0.25) is 0 Å². The maximum absolute atomic E-state index is 2.43. The lowest BCUT2D eigenvalue weighted by Gasteiger charge is -2.31. The van der Waals surface area contributed by atoms with Crippen LogP contribution < -0.4 is 0 Å². The molecular weight excluding hydrogens is 593 g/mol. The second kappa shape index (κ2) is 10.7. The van der Waals surface area contributed by atoms with E-state index in [4.69, 9.17) is 0 Å². The number of rotatable bonds is 3. The first-order chi connectivity index (χ1) is 22.1. The normalized spacial score (nSPS) is 15.3. The molecule has 1 unspecified atom stereocenters. The van der Waals surface area contributed by atoms with Crippen LogP contribution in [0.1, 0.15) is 52.7 Å². The maximum atomic E-state index is 2.43. The predicted molar refractivity (Wildman–Crippen MR) is 203 cm³/mol. The first kappa shape index (κ1) is 29.3. The molecule has 0 N–H and O–H groups in total. The van der Waals surface area contributed by atoms with E-state index in [1.165, 1.54) is 79.4 Å². The molecule has 228 valence electrons. The van der Waals surface area contributed by atoms with Crippen LogP contribution in [-0.4, -0.2) is 0 Å². The maximum Gasteiger partial charge on any atom is 0.0433 e. The van der Waals surface area contributed by atoms with Gasteiger partial charge in [0.25, 0.3) is 0 Å². The molecule has 0 saturated carbocycles. The molecule has 7 aromatic rings. The Morgan fingerprint density at radius 1 is 0.435 bits per heavy atom. The van der Waals surface area contributed by atoms with Crippen molar-refractivity contribution in [1.29, 1.82) is 0 Å². The van der Waals surface area contributed by atoms with Crippen molar-refractivity contribution in [2.45, 2.75) is 67.1 Å². The summed E-state index contributed by atoms with van der Waals surface area (Å²) < 4.78 is 2.73. The van der Waals surface area contributed by atoms with Gasteiger partial charge < -0.3 is 0 Å². The van der Waals surface area contributed by atoms with Crippen molar-refractivity contribution in [1.82, 2.24) is 0 Å². The fourth-order valence-corrected chi connectivity index (χ4v) is 11.9. The van der Waals surface area contributed by atoms with Crippen molar-refractivity contribution in [2.75, 3.05) is 0 Å². The highest BCUT2D eigenvalue weighted by Gasteiger charge is 2.34. The molecule has 0 spiro atoms. The standard InChI is InChI=1S/C44H40S2/c1-43(2,3)35-23-10-7-16-28(35)30-19-14-26-38-40(30)34-18-9-12-25-37(34)46(38)39-27-15-20-31(41(39)44(4,5)6)33-22-13-21-32-29-17-8-11-24-36(29)45-42(32)33/h7-27,46H,1-6H3. The van der Waals surface area contributed by atoms with Crippen molar-refractivity contribution in [3.8, 4) is 33.4 Å². The molecule has 1 aromatic heterocycles. The van der Waals surface area contributed by atoms with Crippen molar-refractivity contribution in [3.05, 3.63) is 139 Å². The molecule has 1 aliphatic rings. The number of fused-ring (bicyclic) bond motifs is 6. The molecule has 1 atom stereocenters. The summed E-state index contributed by atoms with van der Waals surface area (Å²) in [6.07, 6.45) is 0. The smallest absolute Gasteiger partial charge is 0.0433 e. The van der Waals surface area contributed by atoms with Crippen molar-refractivity contribution in [3.63, 3.8) is 0 Å². The van der Waals surface area contributed by atoms with E-state index in [-0.39, 0.29) is 10.8 Å². The first-order valence-electron chi connectivity index (χ1n) is 16.3. The minimum atomic E-state index is -0.767. The van der Waals surface area contributed by atoms with Gasteiger partial charge in [-0.2, -0.15) is 10.9 Å². The van der Waals surface area contributed by atoms with E-state index in [9.17, 15) is 0 Å². The van der Waals surface area contributed by atoms with Gasteiger partial charge in [0.15, 0.2) is 0 Å². The molecule has 0 bridgehead atoms. The van der Waals surface area contributed by atoms with Gasteiger partial charge in [-0.1, -0.05) is 145 Å². The Bertz CT molecular complexity index is 2290. The third-order valence-electron chi connectivity index (χ3n) is 9.45. The molecule has 6 aromatic carbocycles. The SMILES string of the molecule is CC(C)(C)c1ccccc1-c1cccc2c1-c1ccccc1[SH]2c1cccc(-c2cccc3c2sc2ccccc23)c1C(C)(C)C. The lowest BCUT2D eigenvalue weighted by atomic mass is 9.80. The minimum Gasteiger partial charge on any atom is -0.171 e. The third-order valence-corrected chi connectivity index (χ3v) is 13.3. The van der Waals surface area contributed by atoms with E-state index in [1.807, 2.05) is 11.3 Å². The summed E-state index contributed by atoms with van der Waals surface area (Å²) in [5.41, 5.74) is 11.1. The molecule has 2 heterocycles. The summed E-state index contributed by atoms with van der Waals surface area (Å²) in [6, 6.07) is 48.2. The van der Waals surface area contributed by atoms with Crippen LogP contribution in [0, 0.1) is 0 Å². The van der Waals surface area contributed by atoms with Crippen LogP contribution in [0.25, 0.3) is 53.6 Å². The number of hydrogen-bond acceptors (Lipinski definition) is 1. The monoisotopic (exact) mass is 632 g/mol. The molecule has 0 nitrogen and oxygen atoms in total. The summed E-state index contributed by atoms with van der Waals surface area (Å²) in [4.78, 5) is 4.42. The fraction of sp³-hybridized carbons (Fsp3) is 0.182. The summed E-state index contributed by atoms with van der Waals surface area (Å²) in [7, 11) is -0.767. The molecule has 0 fully saturated rings. The van der Waals surface area contributed by atoms with Gasteiger partial charge in [0, 0.05) is 35.5 Å². The Balaban J connectivity index is 1.41. The van der Waals surface area contributed by atoms with Crippen LogP contribution in [0.5, 0.6) is 0 Å². The van der Waals surface area contributed by atoms with Gasteiger partial charge in [-0.15, -0.1) is 11.3 Å². The molecule has 0 aliphatic carbocycles. The first-order valence-corrected chi connectivity index (χ1v) is 18.5. The number of thiophene rings is 1. The Kier molecular flexibility index (Phi) is 6.83. The van der Waals surface area contributed by atoms with Crippen LogP contribution in [0.15, 0.2) is 142 Å². The molecule has 1 aliphatic heterocycles. The highest BCUT2D eigenvalue weighted by Crippen LogP contribution is 2.66. The van der Waals surface area contributed by atoms with Gasteiger partial charge in [-0.3, -0.25) is 0 Å². The molecule has 8 rings (SSSR count). The predicted octanol–water partition coefficient (Wildman–Crippen LogP) is 13.4. The zero-order valence-corrected chi connectivity index (χ0v) is 29.2. The van der Waals surface area contributed by atoms with E-state index in [2.05, 4.69) is 169 Å². The van der Waals surface area contributed by atoms with E-state index in [0.29, 0.717) is 0 Å². The van der Waals surface area contributed by atoms with Crippen molar-refractivity contribution >= 4 is 42.4 Å². The van der Waals surface area contributed by atoms with Crippen molar-refractivity contribution < 1.29 is 0 Å². The zero-order chi connectivity index (χ0) is 31.8. The summed E-state index contributed by atoms with van der Waals surface area (Å²) in [5.74, 6) is 0. The minimum absolute atomic E-state index is 0.0452. The van der Waals surface area contributed by atoms with Crippen LogP contribution in [0.4, 0.5) is 0 Å². The molecule has 0 radical (unpaired) electrons. The highest BCUT2D eigenvalue weighted by molar-refractivity contribution is 8.17. The van der Waals surface area contributed by atoms with E-state index in [0.717, 1.165) is 0 Å². The Morgan fingerprint density at radius 2 is 1.00 bits per heavy atom. The van der Waals surface area contributed by atoms with Crippen LogP contribution in [-0.2, 0) is 10.8 Å². The lowest BCUT2D eigenvalue weighted by Crippen LogP contribution is -2.15. The summed E-state index contributed by atoms with van der Waals surface area (Å²) in [6.45, 7) is 14.2. The lowest BCUT2D eigenvalue weighted by molar-refractivity contribution is 0.579. The van der Waals surface area contributed by atoms with Gasteiger partial charge in [0.2, 0.25) is 0 Å². The molecule has 0 saturated heterocycles. The van der Waals surface area contributed by atoms with E-state index >= 15 is 0 Å². The third kappa shape index (κ3) is 4.57. The fourth-order valence-electron chi connectivity index (χ4n) is 7.57. The molecular formula is C44H40S2. The van der Waals surface area contributed by atoms with Crippen LogP contribution >= 0.6 is 22.2 Å². The van der Waals surface area contributed by atoms with Crippen LogP contribution in [0.3, 0.4) is 0 Å². The highest BCUT2D eigenvalue weighted by atomic mass is 32.2. The Hall–Kier alpha value is -4.11. The average molecular weight is 633 g/mol. The molecule has 2 heteroatoms. The van der Waals surface area contributed by atoms with Gasteiger partial charge in [-0.05, 0) is 78.9 Å². The topological polar surface area (TPSA) is 0 Å². The number of thiol groups is 1. The summed E-state index contributed by atoms with van der Waals surface area (Å²) >= 11 is 1.93. The largest absolute Gasteiger partial charge is 0.171 e. The van der Waals surface area contributed by atoms with Gasteiger partial charge in [0.1, 0.15) is 0 Å². The van der Waals surface area contributed by atoms with Gasteiger partial charge >= 0.3 is 0 Å². The Morgan fingerprint density at radius 3 is 1.78 bits per heavy atom. The van der Waals surface area contributed by atoms with Gasteiger partial charge in [-0.25, -0.2) is 0 Å². The number of benzene rings is 6. The van der Waals surface area contributed by atoms with Gasteiger partial charge in [0.05, 0.1) is 0 Å². The molecule has 46 heavy (non-hydrogen) atoms. The zero-order valence-electron chi connectivity index (χ0n) is 27.5.